The van der Waals surface area contributed by atoms with Gasteiger partial charge in [0, 0.05) is 18.3 Å². The summed E-state index contributed by atoms with van der Waals surface area (Å²) in [4.78, 5) is 16.6. The van der Waals surface area contributed by atoms with E-state index < -0.39 is 5.54 Å². The molecule has 0 fully saturated rings. The van der Waals surface area contributed by atoms with Crippen molar-refractivity contribution in [3.8, 4) is 11.5 Å². The summed E-state index contributed by atoms with van der Waals surface area (Å²) in [7, 11) is 0. The number of carbonyl (C=O) groups excluding carboxylic acids is 1. The van der Waals surface area contributed by atoms with E-state index in [2.05, 4.69) is 15.6 Å². The second kappa shape index (κ2) is 8.41. The first-order chi connectivity index (χ1) is 14.5. The van der Waals surface area contributed by atoms with Crippen LogP contribution < -0.4 is 20.1 Å². The molecule has 1 aliphatic heterocycles. The van der Waals surface area contributed by atoms with Crippen LogP contribution in [0, 0.1) is 5.82 Å². The molecule has 2 aromatic carbocycles. The van der Waals surface area contributed by atoms with Crippen molar-refractivity contribution in [2.24, 2.45) is 0 Å². The van der Waals surface area contributed by atoms with E-state index in [1.165, 1.54) is 12.1 Å². The molecule has 6 nitrogen and oxygen atoms in total. The van der Waals surface area contributed by atoms with Crippen molar-refractivity contribution in [3.05, 3.63) is 83.9 Å². The van der Waals surface area contributed by atoms with Gasteiger partial charge in [0.25, 0.3) is 5.91 Å². The standard InChI is InChI=1S/C23H22FN3O3/c1-23(14-29-19-3-2-10-25-13-19)15-30-21-9-6-17(11-20(21)27-23)22(28)26-12-16-4-7-18(24)8-5-16/h2-11,13,27H,12,14-15H2,1H3,(H,26,28). The number of carbonyl (C=O) groups is 1. The summed E-state index contributed by atoms with van der Waals surface area (Å²) in [6.07, 6.45) is 3.35. The number of nitrogens with zero attached hydrogens (tertiary/aromatic N) is 1. The van der Waals surface area contributed by atoms with Crippen LogP contribution in [-0.4, -0.2) is 29.6 Å². The molecule has 7 heteroatoms. The average molecular weight is 407 g/mol. The Labute approximate surface area is 174 Å². The molecular formula is C23H22FN3O3. The Bertz CT molecular complexity index is 1030. The quantitative estimate of drug-likeness (QED) is 0.651. The molecule has 154 valence electrons. The van der Waals surface area contributed by atoms with Gasteiger partial charge in [0.05, 0.1) is 11.9 Å². The summed E-state index contributed by atoms with van der Waals surface area (Å²) in [5, 5.41) is 6.27. The summed E-state index contributed by atoms with van der Waals surface area (Å²) in [5.74, 6) is 0.841. The zero-order valence-corrected chi connectivity index (χ0v) is 16.5. The van der Waals surface area contributed by atoms with Gasteiger partial charge in [-0.15, -0.1) is 0 Å². The number of fused-ring (bicyclic) bond motifs is 1. The van der Waals surface area contributed by atoms with Gasteiger partial charge in [-0.25, -0.2) is 4.39 Å². The Hall–Kier alpha value is -3.61. The van der Waals surface area contributed by atoms with Crippen molar-refractivity contribution in [2.75, 3.05) is 18.5 Å². The molecule has 3 aromatic rings. The number of hydrogen-bond donors (Lipinski definition) is 2. The van der Waals surface area contributed by atoms with E-state index in [0.717, 1.165) is 11.3 Å². The zero-order valence-electron chi connectivity index (χ0n) is 16.5. The molecule has 0 saturated heterocycles. The number of benzene rings is 2. The van der Waals surface area contributed by atoms with Crippen molar-refractivity contribution < 1.29 is 18.7 Å². The number of rotatable bonds is 6. The third-order valence-corrected chi connectivity index (χ3v) is 4.78. The summed E-state index contributed by atoms with van der Waals surface area (Å²) in [6.45, 7) is 3.11. The largest absolute Gasteiger partial charge is 0.489 e. The van der Waals surface area contributed by atoms with E-state index in [1.54, 1.807) is 42.7 Å². The molecule has 4 rings (SSSR count). The van der Waals surface area contributed by atoms with Crippen LogP contribution in [0.5, 0.6) is 11.5 Å². The van der Waals surface area contributed by atoms with Gasteiger partial charge in [-0.1, -0.05) is 12.1 Å². The van der Waals surface area contributed by atoms with Crippen LogP contribution in [0.4, 0.5) is 10.1 Å². The van der Waals surface area contributed by atoms with E-state index in [9.17, 15) is 9.18 Å². The fourth-order valence-corrected chi connectivity index (χ4v) is 3.13. The summed E-state index contributed by atoms with van der Waals surface area (Å²) >= 11 is 0. The van der Waals surface area contributed by atoms with Gasteiger partial charge in [-0.2, -0.15) is 0 Å². The van der Waals surface area contributed by atoms with Crippen molar-refractivity contribution in [1.29, 1.82) is 0 Å². The third-order valence-electron chi connectivity index (χ3n) is 4.78. The number of aromatic nitrogens is 1. The zero-order chi connectivity index (χ0) is 21.0. The highest BCUT2D eigenvalue weighted by Gasteiger charge is 2.32. The minimum Gasteiger partial charge on any atom is -0.489 e. The first-order valence-electron chi connectivity index (χ1n) is 9.61. The Morgan fingerprint density at radius 2 is 2.10 bits per heavy atom. The molecule has 1 aromatic heterocycles. The molecule has 1 amide bonds. The van der Waals surface area contributed by atoms with E-state index in [-0.39, 0.29) is 11.7 Å². The lowest BCUT2D eigenvalue weighted by molar-refractivity contribution is 0.0950. The lowest BCUT2D eigenvalue weighted by atomic mass is 10.0. The minimum absolute atomic E-state index is 0.220. The molecule has 2 heterocycles. The number of amides is 1. The van der Waals surface area contributed by atoms with Gasteiger partial charge < -0.3 is 20.1 Å². The van der Waals surface area contributed by atoms with Crippen LogP contribution in [-0.2, 0) is 6.54 Å². The Kier molecular flexibility index (Phi) is 5.52. The van der Waals surface area contributed by atoms with Crippen molar-refractivity contribution in [3.63, 3.8) is 0 Å². The molecule has 1 atom stereocenters. The monoisotopic (exact) mass is 407 g/mol. The van der Waals surface area contributed by atoms with Gasteiger partial charge in [0.2, 0.25) is 0 Å². The predicted octanol–water partition coefficient (Wildman–Crippen LogP) is 3.79. The average Bonchev–Trinajstić information content (AvgIpc) is 2.77. The molecule has 0 bridgehead atoms. The number of pyridine rings is 1. The van der Waals surface area contributed by atoms with Crippen molar-refractivity contribution in [2.45, 2.75) is 19.0 Å². The SMILES string of the molecule is CC1(COc2cccnc2)COc2ccc(C(=O)NCc3ccc(F)cc3)cc2N1. The molecule has 1 aliphatic rings. The molecule has 0 saturated carbocycles. The Balaban J connectivity index is 1.40. The van der Waals surface area contributed by atoms with Gasteiger partial charge in [-0.3, -0.25) is 9.78 Å². The maximum Gasteiger partial charge on any atom is 0.251 e. The number of anilines is 1. The first-order valence-corrected chi connectivity index (χ1v) is 9.61. The Morgan fingerprint density at radius 1 is 1.27 bits per heavy atom. The van der Waals surface area contributed by atoms with E-state index in [1.807, 2.05) is 19.1 Å². The molecular weight excluding hydrogens is 385 g/mol. The normalized spacial score (nSPS) is 17.3. The molecule has 1 unspecified atom stereocenters. The molecule has 0 radical (unpaired) electrons. The number of halogens is 1. The van der Waals surface area contributed by atoms with Crippen LogP contribution in [0.1, 0.15) is 22.8 Å². The Morgan fingerprint density at radius 3 is 2.87 bits per heavy atom. The van der Waals surface area contributed by atoms with Crippen LogP contribution in [0.25, 0.3) is 0 Å². The summed E-state index contributed by atoms with van der Waals surface area (Å²) in [6, 6.07) is 14.9. The van der Waals surface area contributed by atoms with E-state index in [4.69, 9.17) is 9.47 Å². The maximum atomic E-state index is 13.0. The summed E-state index contributed by atoms with van der Waals surface area (Å²) < 4.78 is 24.7. The van der Waals surface area contributed by atoms with Crippen LogP contribution in [0.15, 0.2) is 67.0 Å². The molecule has 0 spiro atoms. The maximum absolute atomic E-state index is 13.0. The summed E-state index contributed by atoms with van der Waals surface area (Å²) in [5.41, 5.74) is 1.59. The van der Waals surface area contributed by atoms with Crippen LogP contribution in [0.2, 0.25) is 0 Å². The second-order valence-corrected chi connectivity index (χ2v) is 7.47. The predicted molar refractivity (Wildman–Crippen MR) is 111 cm³/mol. The fourth-order valence-electron chi connectivity index (χ4n) is 3.13. The molecule has 2 N–H and O–H groups in total. The van der Waals surface area contributed by atoms with Crippen molar-refractivity contribution >= 4 is 11.6 Å². The van der Waals surface area contributed by atoms with E-state index >= 15 is 0 Å². The van der Waals surface area contributed by atoms with Gasteiger partial charge in [0.1, 0.15) is 36.1 Å². The smallest absolute Gasteiger partial charge is 0.251 e. The van der Waals surface area contributed by atoms with Crippen LogP contribution in [0.3, 0.4) is 0 Å². The van der Waals surface area contributed by atoms with Gasteiger partial charge in [0.15, 0.2) is 0 Å². The van der Waals surface area contributed by atoms with Crippen LogP contribution >= 0.6 is 0 Å². The highest BCUT2D eigenvalue weighted by molar-refractivity contribution is 5.95. The van der Waals surface area contributed by atoms with Gasteiger partial charge >= 0.3 is 0 Å². The van der Waals surface area contributed by atoms with Crippen molar-refractivity contribution in [1.82, 2.24) is 10.3 Å². The minimum atomic E-state index is -0.466. The second-order valence-electron chi connectivity index (χ2n) is 7.47. The number of nitrogens with one attached hydrogen (secondary N) is 2. The fraction of sp³-hybridized carbons (Fsp3) is 0.217. The molecule has 0 aliphatic carbocycles. The van der Waals surface area contributed by atoms with Gasteiger partial charge in [-0.05, 0) is 55.0 Å². The van der Waals surface area contributed by atoms with E-state index in [0.29, 0.717) is 36.8 Å². The third kappa shape index (κ3) is 4.68. The lowest BCUT2D eigenvalue weighted by Gasteiger charge is -2.36. The number of ether oxygens (including phenoxy) is 2. The topological polar surface area (TPSA) is 72.5 Å². The molecule has 30 heavy (non-hydrogen) atoms. The highest BCUT2D eigenvalue weighted by Crippen LogP contribution is 2.33. The highest BCUT2D eigenvalue weighted by atomic mass is 19.1. The number of hydrogen-bond acceptors (Lipinski definition) is 5. The lowest BCUT2D eigenvalue weighted by Crippen LogP contribution is -2.48. The first kappa shape index (κ1) is 19.7.